The van der Waals surface area contributed by atoms with E-state index in [9.17, 15) is 13.6 Å². The summed E-state index contributed by atoms with van der Waals surface area (Å²) in [4.78, 5) is 14.4. The molecule has 0 aromatic heterocycles. The summed E-state index contributed by atoms with van der Waals surface area (Å²) in [5.74, 6) is -1.85. The number of benzene rings is 2. The molecule has 3 rings (SSSR count). The van der Waals surface area contributed by atoms with E-state index in [0.29, 0.717) is 22.5 Å². The van der Waals surface area contributed by atoms with Crippen molar-refractivity contribution >= 4 is 35.6 Å². The van der Waals surface area contributed by atoms with Crippen LogP contribution in [0.2, 0.25) is 5.02 Å². The molecule has 2 aromatic rings. The molecule has 4 nitrogen and oxygen atoms in total. The SMILES string of the molecule is CN1CCC(Oc2cc(NC(=O)c3ccc(F)cc3F)ccc2Cl)CC1.Cl. The average molecular weight is 417 g/mol. The molecule has 1 N–H and O–H groups in total. The van der Waals surface area contributed by atoms with Gasteiger partial charge in [-0.05, 0) is 44.2 Å². The number of hydrogen-bond acceptors (Lipinski definition) is 3. The normalized spacial score (nSPS) is 15.1. The van der Waals surface area contributed by atoms with E-state index in [-0.39, 0.29) is 24.1 Å². The molecule has 0 radical (unpaired) electrons. The monoisotopic (exact) mass is 416 g/mol. The molecule has 1 heterocycles. The lowest BCUT2D eigenvalue weighted by atomic mass is 10.1. The van der Waals surface area contributed by atoms with Gasteiger partial charge in [0.1, 0.15) is 23.5 Å². The number of nitrogens with zero attached hydrogens (tertiary/aromatic N) is 1. The molecule has 1 aliphatic heterocycles. The van der Waals surface area contributed by atoms with Crippen molar-refractivity contribution in [3.8, 4) is 5.75 Å². The fourth-order valence-corrected chi connectivity index (χ4v) is 2.99. The van der Waals surface area contributed by atoms with E-state index < -0.39 is 17.5 Å². The van der Waals surface area contributed by atoms with Crippen molar-refractivity contribution in [2.24, 2.45) is 0 Å². The van der Waals surface area contributed by atoms with E-state index in [0.717, 1.165) is 38.1 Å². The van der Waals surface area contributed by atoms with Crippen LogP contribution in [0.1, 0.15) is 23.2 Å². The summed E-state index contributed by atoms with van der Waals surface area (Å²) in [6, 6.07) is 7.64. The van der Waals surface area contributed by atoms with Crippen LogP contribution >= 0.6 is 24.0 Å². The highest BCUT2D eigenvalue weighted by Gasteiger charge is 2.20. The van der Waals surface area contributed by atoms with Crippen molar-refractivity contribution in [2.45, 2.75) is 18.9 Å². The first-order valence-electron chi connectivity index (χ1n) is 8.33. The van der Waals surface area contributed by atoms with Crippen LogP contribution in [-0.4, -0.2) is 37.0 Å². The van der Waals surface area contributed by atoms with Gasteiger partial charge in [-0.15, -0.1) is 12.4 Å². The van der Waals surface area contributed by atoms with Crippen molar-refractivity contribution in [2.75, 3.05) is 25.5 Å². The molecule has 0 spiro atoms. The predicted molar refractivity (Wildman–Crippen MR) is 104 cm³/mol. The average Bonchev–Trinajstić information content (AvgIpc) is 2.59. The van der Waals surface area contributed by atoms with E-state index in [1.807, 2.05) is 0 Å². The zero-order valence-electron chi connectivity index (χ0n) is 14.7. The van der Waals surface area contributed by atoms with Crippen LogP contribution in [0.15, 0.2) is 36.4 Å². The van der Waals surface area contributed by atoms with Crippen LogP contribution in [0.25, 0.3) is 0 Å². The van der Waals surface area contributed by atoms with Crippen molar-refractivity contribution in [1.82, 2.24) is 4.90 Å². The Morgan fingerprint density at radius 3 is 2.56 bits per heavy atom. The highest BCUT2D eigenvalue weighted by molar-refractivity contribution is 6.32. The summed E-state index contributed by atoms with van der Waals surface area (Å²) in [6.45, 7) is 1.89. The van der Waals surface area contributed by atoms with Crippen LogP contribution in [0.4, 0.5) is 14.5 Å². The van der Waals surface area contributed by atoms with Gasteiger partial charge in [-0.1, -0.05) is 11.6 Å². The molecular formula is C19H20Cl2F2N2O2. The topological polar surface area (TPSA) is 41.6 Å². The Kier molecular flexibility index (Phi) is 7.41. The van der Waals surface area contributed by atoms with Gasteiger partial charge >= 0.3 is 0 Å². The van der Waals surface area contributed by atoms with E-state index in [4.69, 9.17) is 16.3 Å². The minimum Gasteiger partial charge on any atom is -0.489 e. The number of carbonyl (C=O) groups is 1. The molecule has 27 heavy (non-hydrogen) atoms. The van der Waals surface area contributed by atoms with Gasteiger partial charge in [0.2, 0.25) is 0 Å². The predicted octanol–water partition coefficient (Wildman–Crippen LogP) is 4.77. The maximum absolute atomic E-state index is 13.7. The van der Waals surface area contributed by atoms with E-state index in [1.165, 1.54) is 0 Å². The number of nitrogens with one attached hydrogen (secondary N) is 1. The van der Waals surface area contributed by atoms with Crippen molar-refractivity contribution in [3.63, 3.8) is 0 Å². The highest BCUT2D eigenvalue weighted by Crippen LogP contribution is 2.30. The maximum Gasteiger partial charge on any atom is 0.258 e. The second kappa shape index (κ2) is 9.35. The molecular weight excluding hydrogens is 397 g/mol. The van der Waals surface area contributed by atoms with Gasteiger partial charge in [-0.3, -0.25) is 4.79 Å². The zero-order chi connectivity index (χ0) is 18.7. The molecule has 8 heteroatoms. The van der Waals surface area contributed by atoms with Crippen LogP contribution in [0, 0.1) is 11.6 Å². The third kappa shape index (κ3) is 5.54. The third-order valence-electron chi connectivity index (χ3n) is 4.32. The van der Waals surface area contributed by atoms with Crippen molar-refractivity contribution in [1.29, 1.82) is 0 Å². The van der Waals surface area contributed by atoms with Gasteiger partial charge in [-0.25, -0.2) is 8.78 Å². The molecule has 1 aliphatic rings. The molecule has 1 saturated heterocycles. The standard InChI is InChI=1S/C19H19ClF2N2O2.ClH/c1-24-8-6-14(7-9-24)26-18-11-13(3-5-16(18)20)23-19(25)15-4-2-12(21)10-17(15)22;/h2-5,10-11,14H,6-9H2,1H3,(H,23,25);1H. The Hall–Kier alpha value is -1.89. The summed E-state index contributed by atoms with van der Waals surface area (Å²) >= 11 is 6.19. The number of carbonyl (C=O) groups excluding carboxylic acids is 1. The fraction of sp³-hybridized carbons (Fsp3) is 0.316. The van der Waals surface area contributed by atoms with Crippen LogP contribution in [0.3, 0.4) is 0 Å². The summed E-state index contributed by atoms with van der Waals surface area (Å²) in [5.41, 5.74) is 0.185. The largest absolute Gasteiger partial charge is 0.489 e. The Morgan fingerprint density at radius 2 is 1.89 bits per heavy atom. The lowest BCUT2D eigenvalue weighted by molar-refractivity contribution is 0.102. The van der Waals surface area contributed by atoms with E-state index in [1.54, 1.807) is 18.2 Å². The second-order valence-electron chi connectivity index (χ2n) is 6.34. The first-order valence-corrected chi connectivity index (χ1v) is 8.71. The maximum atomic E-state index is 13.7. The first kappa shape index (κ1) is 21.4. The number of piperidine rings is 1. The number of anilines is 1. The molecule has 0 atom stereocenters. The first-order chi connectivity index (χ1) is 12.4. The van der Waals surface area contributed by atoms with Crippen LogP contribution in [-0.2, 0) is 0 Å². The molecule has 2 aromatic carbocycles. The molecule has 146 valence electrons. The Bertz CT molecular complexity index is 812. The zero-order valence-corrected chi connectivity index (χ0v) is 16.2. The van der Waals surface area contributed by atoms with Crippen LogP contribution in [0.5, 0.6) is 5.75 Å². The number of hydrogen-bond donors (Lipinski definition) is 1. The summed E-state index contributed by atoms with van der Waals surface area (Å²) < 4.78 is 32.7. The summed E-state index contributed by atoms with van der Waals surface area (Å²) in [7, 11) is 2.06. The van der Waals surface area contributed by atoms with Gasteiger partial charge in [0.15, 0.2) is 0 Å². The molecule has 1 amide bonds. The van der Waals surface area contributed by atoms with Gasteiger partial charge in [-0.2, -0.15) is 0 Å². The Balaban J connectivity index is 0.00000261. The molecule has 0 unspecified atom stereocenters. The second-order valence-corrected chi connectivity index (χ2v) is 6.75. The number of ether oxygens (including phenoxy) is 1. The van der Waals surface area contributed by atoms with Gasteiger partial charge < -0.3 is 15.0 Å². The number of likely N-dealkylation sites (tertiary alicyclic amines) is 1. The minimum absolute atomic E-state index is 0. The number of amides is 1. The molecule has 0 bridgehead atoms. The van der Waals surface area contributed by atoms with Gasteiger partial charge in [0, 0.05) is 30.9 Å². The van der Waals surface area contributed by atoms with E-state index >= 15 is 0 Å². The highest BCUT2D eigenvalue weighted by atomic mass is 35.5. The van der Waals surface area contributed by atoms with E-state index in [2.05, 4.69) is 17.3 Å². The summed E-state index contributed by atoms with van der Waals surface area (Å²) in [6.07, 6.45) is 1.85. The lowest BCUT2D eigenvalue weighted by Gasteiger charge is -2.29. The third-order valence-corrected chi connectivity index (χ3v) is 4.64. The van der Waals surface area contributed by atoms with Crippen LogP contribution < -0.4 is 10.1 Å². The van der Waals surface area contributed by atoms with Crippen molar-refractivity contribution < 1.29 is 18.3 Å². The van der Waals surface area contributed by atoms with Crippen molar-refractivity contribution in [3.05, 3.63) is 58.6 Å². The van der Waals surface area contributed by atoms with Gasteiger partial charge in [0.25, 0.3) is 5.91 Å². The quantitative estimate of drug-likeness (QED) is 0.780. The minimum atomic E-state index is -0.917. The fourth-order valence-electron chi connectivity index (χ4n) is 2.83. The molecule has 0 saturated carbocycles. The lowest BCUT2D eigenvalue weighted by Crippen LogP contribution is -2.35. The molecule has 0 aliphatic carbocycles. The molecule has 1 fully saturated rings. The van der Waals surface area contributed by atoms with Gasteiger partial charge in [0.05, 0.1) is 10.6 Å². The summed E-state index contributed by atoms with van der Waals surface area (Å²) in [5, 5.41) is 3.02. The smallest absolute Gasteiger partial charge is 0.258 e. The number of halogens is 4. The Labute approximate surface area is 167 Å². The number of rotatable bonds is 4. The Morgan fingerprint density at radius 1 is 1.19 bits per heavy atom.